The summed E-state index contributed by atoms with van der Waals surface area (Å²) in [6.45, 7) is 1.88. The fourth-order valence-electron chi connectivity index (χ4n) is 2.08. The van der Waals surface area contributed by atoms with Crippen molar-refractivity contribution >= 4 is 0 Å². The van der Waals surface area contributed by atoms with Gasteiger partial charge in [-0.2, -0.15) is 0 Å². The van der Waals surface area contributed by atoms with Gasteiger partial charge in [-0.05, 0) is 37.8 Å². The zero-order valence-electron chi connectivity index (χ0n) is 9.45. The summed E-state index contributed by atoms with van der Waals surface area (Å²) in [4.78, 5) is 0. The predicted molar refractivity (Wildman–Crippen MR) is 60.0 cm³/mol. The fourth-order valence-corrected chi connectivity index (χ4v) is 2.08. The van der Waals surface area contributed by atoms with Gasteiger partial charge in [0.05, 0.1) is 6.10 Å². The topological polar surface area (TPSA) is 29.5 Å². The molecule has 0 spiro atoms. The summed E-state index contributed by atoms with van der Waals surface area (Å²) in [5.41, 5.74) is 0.902. The lowest BCUT2D eigenvalue weighted by molar-refractivity contribution is 0.00639. The SMILES string of the molecule is Cc1ccc(F)cc1O[C@H]1CCCC[C@@H]1O. The summed E-state index contributed by atoms with van der Waals surface area (Å²) >= 11 is 0. The molecule has 16 heavy (non-hydrogen) atoms. The maximum atomic E-state index is 13.1. The van der Waals surface area contributed by atoms with E-state index in [-0.39, 0.29) is 11.9 Å². The summed E-state index contributed by atoms with van der Waals surface area (Å²) < 4.78 is 18.7. The van der Waals surface area contributed by atoms with Gasteiger partial charge >= 0.3 is 0 Å². The molecule has 0 heterocycles. The number of ether oxygens (including phenoxy) is 1. The molecule has 1 aliphatic rings. The molecule has 2 nitrogen and oxygen atoms in total. The van der Waals surface area contributed by atoms with Crippen LogP contribution in [0.5, 0.6) is 5.75 Å². The summed E-state index contributed by atoms with van der Waals surface area (Å²) in [5, 5.41) is 9.77. The lowest BCUT2D eigenvalue weighted by atomic mass is 9.95. The van der Waals surface area contributed by atoms with Gasteiger partial charge in [0.25, 0.3) is 0 Å². The molecule has 0 aliphatic heterocycles. The number of aliphatic hydroxyl groups excluding tert-OH is 1. The average Bonchev–Trinajstić information content (AvgIpc) is 2.27. The van der Waals surface area contributed by atoms with Crippen molar-refractivity contribution in [2.24, 2.45) is 0 Å². The van der Waals surface area contributed by atoms with Crippen LogP contribution < -0.4 is 4.74 Å². The highest BCUT2D eigenvalue weighted by Gasteiger charge is 2.25. The van der Waals surface area contributed by atoms with E-state index in [4.69, 9.17) is 4.74 Å². The maximum absolute atomic E-state index is 13.1. The van der Waals surface area contributed by atoms with Crippen LogP contribution >= 0.6 is 0 Å². The normalized spacial score (nSPS) is 25.4. The Balaban J connectivity index is 2.10. The lowest BCUT2D eigenvalue weighted by Gasteiger charge is -2.28. The number of benzene rings is 1. The number of aryl methyl sites for hydroxylation is 1. The zero-order valence-corrected chi connectivity index (χ0v) is 9.45. The van der Waals surface area contributed by atoms with E-state index >= 15 is 0 Å². The number of hydrogen-bond donors (Lipinski definition) is 1. The molecule has 88 valence electrons. The highest BCUT2D eigenvalue weighted by Crippen LogP contribution is 2.26. The molecular formula is C13H17FO2. The molecule has 1 aliphatic carbocycles. The molecule has 0 unspecified atom stereocenters. The van der Waals surface area contributed by atoms with Gasteiger partial charge in [-0.15, -0.1) is 0 Å². The van der Waals surface area contributed by atoms with Crippen LogP contribution in [0.2, 0.25) is 0 Å². The van der Waals surface area contributed by atoms with Crippen molar-refractivity contribution in [3.05, 3.63) is 29.6 Å². The standard InChI is InChI=1S/C13H17FO2/c1-9-6-7-10(14)8-13(9)16-12-5-3-2-4-11(12)15/h6-8,11-12,15H,2-5H2,1H3/t11-,12-/m0/s1. The van der Waals surface area contributed by atoms with Crippen LogP contribution in [0.3, 0.4) is 0 Å². The summed E-state index contributed by atoms with van der Waals surface area (Å²) in [6, 6.07) is 4.50. The monoisotopic (exact) mass is 224 g/mol. The largest absolute Gasteiger partial charge is 0.487 e. The Morgan fingerprint density at radius 1 is 1.31 bits per heavy atom. The number of aliphatic hydroxyl groups is 1. The van der Waals surface area contributed by atoms with E-state index in [0.29, 0.717) is 5.75 Å². The van der Waals surface area contributed by atoms with E-state index in [1.807, 2.05) is 6.92 Å². The molecule has 2 rings (SSSR count). The van der Waals surface area contributed by atoms with Gasteiger partial charge in [0.1, 0.15) is 17.7 Å². The van der Waals surface area contributed by atoms with Crippen LogP contribution in [0.25, 0.3) is 0 Å². The van der Waals surface area contributed by atoms with Gasteiger partial charge in [0.15, 0.2) is 0 Å². The average molecular weight is 224 g/mol. The van der Waals surface area contributed by atoms with Gasteiger partial charge in [-0.3, -0.25) is 0 Å². The molecule has 0 saturated heterocycles. The molecule has 1 fully saturated rings. The van der Waals surface area contributed by atoms with Crippen LogP contribution in [0, 0.1) is 12.7 Å². The third-order valence-electron chi connectivity index (χ3n) is 3.10. The van der Waals surface area contributed by atoms with Gasteiger partial charge in [0, 0.05) is 6.07 Å². The van der Waals surface area contributed by atoms with Crippen LogP contribution in [0.15, 0.2) is 18.2 Å². The first-order valence-electron chi connectivity index (χ1n) is 5.77. The van der Waals surface area contributed by atoms with Crippen molar-refractivity contribution in [1.82, 2.24) is 0 Å². The van der Waals surface area contributed by atoms with Crippen LogP contribution in [0.1, 0.15) is 31.2 Å². The third-order valence-corrected chi connectivity index (χ3v) is 3.10. The first-order valence-corrected chi connectivity index (χ1v) is 5.77. The van der Waals surface area contributed by atoms with Crippen molar-refractivity contribution in [2.45, 2.75) is 44.8 Å². The van der Waals surface area contributed by atoms with Crippen molar-refractivity contribution in [1.29, 1.82) is 0 Å². The third kappa shape index (κ3) is 2.53. The molecule has 0 radical (unpaired) electrons. The zero-order chi connectivity index (χ0) is 11.5. The van der Waals surface area contributed by atoms with Crippen LogP contribution in [0.4, 0.5) is 4.39 Å². The highest BCUT2D eigenvalue weighted by molar-refractivity contribution is 5.32. The van der Waals surface area contributed by atoms with Gasteiger partial charge in [-0.1, -0.05) is 12.5 Å². The van der Waals surface area contributed by atoms with E-state index in [0.717, 1.165) is 31.2 Å². The second kappa shape index (κ2) is 4.83. The molecule has 1 aromatic carbocycles. The molecule has 1 aromatic rings. The minimum atomic E-state index is -0.420. The number of halogens is 1. The second-order valence-electron chi connectivity index (χ2n) is 4.42. The van der Waals surface area contributed by atoms with Gasteiger partial charge in [0.2, 0.25) is 0 Å². The Hall–Kier alpha value is -1.09. The van der Waals surface area contributed by atoms with E-state index in [1.54, 1.807) is 6.07 Å². The summed E-state index contributed by atoms with van der Waals surface area (Å²) in [6.07, 6.45) is 3.13. The maximum Gasteiger partial charge on any atom is 0.126 e. The van der Waals surface area contributed by atoms with E-state index in [9.17, 15) is 9.50 Å². The molecule has 1 N–H and O–H groups in total. The quantitative estimate of drug-likeness (QED) is 0.837. The van der Waals surface area contributed by atoms with E-state index in [2.05, 4.69) is 0 Å². The molecule has 0 aromatic heterocycles. The Kier molecular flexibility index (Phi) is 3.44. The predicted octanol–water partition coefficient (Wildman–Crippen LogP) is 2.82. The number of rotatable bonds is 2. The molecule has 0 bridgehead atoms. The van der Waals surface area contributed by atoms with Gasteiger partial charge < -0.3 is 9.84 Å². The first kappa shape index (κ1) is 11.4. The Bertz CT molecular complexity index is 365. The minimum Gasteiger partial charge on any atom is -0.487 e. The molecule has 0 amide bonds. The van der Waals surface area contributed by atoms with Crippen molar-refractivity contribution in [3.63, 3.8) is 0 Å². The summed E-state index contributed by atoms with van der Waals surface area (Å²) in [5.74, 6) is 0.247. The molecule has 3 heteroatoms. The second-order valence-corrected chi connectivity index (χ2v) is 4.42. The molecule has 2 atom stereocenters. The van der Waals surface area contributed by atoms with Crippen LogP contribution in [-0.2, 0) is 0 Å². The Morgan fingerprint density at radius 2 is 2.06 bits per heavy atom. The van der Waals surface area contributed by atoms with Crippen molar-refractivity contribution < 1.29 is 14.2 Å². The van der Waals surface area contributed by atoms with E-state index < -0.39 is 6.10 Å². The smallest absolute Gasteiger partial charge is 0.126 e. The van der Waals surface area contributed by atoms with Gasteiger partial charge in [-0.25, -0.2) is 4.39 Å². The van der Waals surface area contributed by atoms with Crippen molar-refractivity contribution in [3.8, 4) is 5.75 Å². The minimum absolute atomic E-state index is 0.186. The fraction of sp³-hybridized carbons (Fsp3) is 0.538. The summed E-state index contributed by atoms with van der Waals surface area (Å²) in [7, 11) is 0. The van der Waals surface area contributed by atoms with E-state index in [1.165, 1.54) is 12.1 Å². The molecular weight excluding hydrogens is 207 g/mol. The van der Waals surface area contributed by atoms with Crippen molar-refractivity contribution in [2.75, 3.05) is 0 Å². The lowest BCUT2D eigenvalue weighted by Crippen LogP contribution is -2.34. The molecule has 1 saturated carbocycles. The van der Waals surface area contributed by atoms with Crippen LogP contribution in [-0.4, -0.2) is 17.3 Å². The Morgan fingerprint density at radius 3 is 2.81 bits per heavy atom. The number of hydrogen-bond acceptors (Lipinski definition) is 2. The first-order chi connectivity index (χ1) is 7.66. The Labute approximate surface area is 95.1 Å². The highest BCUT2D eigenvalue weighted by atomic mass is 19.1.